The zero-order valence-electron chi connectivity index (χ0n) is 13.6. The molecule has 0 aliphatic carbocycles. The largest absolute Gasteiger partial charge is 0.315 e. The number of hydrogen-bond donors (Lipinski definition) is 2. The second-order valence-electron chi connectivity index (χ2n) is 5.94. The first-order chi connectivity index (χ1) is 12.2. The summed E-state index contributed by atoms with van der Waals surface area (Å²) in [5.74, 6) is -0.106. The topological polar surface area (TPSA) is 97.6 Å². The molecule has 1 saturated heterocycles. The molecule has 1 fully saturated rings. The summed E-state index contributed by atoms with van der Waals surface area (Å²) in [5.41, 5.74) is 1.82. The number of carbonyl (C=O) groups excluding carboxylic acids is 1. The molecule has 0 unspecified atom stereocenters. The van der Waals surface area contributed by atoms with Crippen LogP contribution in [0.4, 0.5) is 5.13 Å². The van der Waals surface area contributed by atoms with E-state index in [1.807, 2.05) is 37.6 Å². The lowest BCUT2D eigenvalue weighted by Crippen LogP contribution is -2.28. The second kappa shape index (κ2) is 6.69. The van der Waals surface area contributed by atoms with Crippen molar-refractivity contribution in [3.63, 3.8) is 0 Å². The van der Waals surface area contributed by atoms with Gasteiger partial charge in [0.1, 0.15) is 5.69 Å². The lowest BCUT2D eigenvalue weighted by atomic mass is 9.90. The summed E-state index contributed by atoms with van der Waals surface area (Å²) in [6, 6.07) is 5.61. The number of carbonyl (C=O) groups is 1. The lowest BCUT2D eigenvalue weighted by Gasteiger charge is -2.15. The van der Waals surface area contributed by atoms with Gasteiger partial charge in [-0.1, -0.05) is 17.4 Å². The Labute approximate surface area is 148 Å². The number of anilines is 1. The molecule has 8 nitrogen and oxygen atoms in total. The van der Waals surface area contributed by atoms with Gasteiger partial charge in [0.05, 0.1) is 12.1 Å². The van der Waals surface area contributed by atoms with Crippen LogP contribution in [0.3, 0.4) is 0 Å². The van der Waals surface area contributed by atoms with E-state index in [-0.39, 0.29) is 17.7 Å². The third-order valence-electron chi connectivity index (χ3n) is 4.24. The van der Waals surface area contributed by atoms with E-state index in [1.165, 1.54) is 11.3 Å². The van der Waals surface area contributed by atoms with Crippen molar-refractivity contribution in [2.45, 2.75) is 5.92 Å². The Hall–Kier alpha value is -2.65. The Bertz CT molecular complexity index is 876. The maximum absolute atomic E-state index is 12.7. The van der Waals surface area contributed by atoms with E-state index in [0.717, 1.165) is 17.8 Å². The molecule has 0 bridgehead atoms. The molecule has 0 radical (unpaired) electrons. The molecule has 9 heteroatoms. The van der Waals surface area contributed by atoms with E-state index >= 15 is 0 Å². The maximum Gasteiger partial charge on any atom is 0.231 e. The molecular formula is C16H17N7OS. The van der Waals surface area contributed by atoms with Crippen molar-refractivity contribution in [2.75, 3.05) is 18.4 Å². The first-order valence-electron chi connectivity index (χ1n) is 7.96. The fourth-order valence-corrected chi connectivity index (χ4v) is 3.72. The van der Waals surface area contributed by atoms with Crippen molar-refractivity contribution < 1.29 is 4.79 Å². The minimum Gasteiger partial charge on any atom is -0.315 e. The average molecular weight is 355 g/mol. The van der Waals surface area contributed by atoms with Crippen LogP contribution in [0.2, 0.25) is 0 Å². The van der Waals surface area contributed by atoms with Crippen LogP contribution in [-0.4, -0.2) is 44.0 Å². The molecule has 3 aromatic heterocycles. The van der Waals surface area contributed by atoms with Crippen molar-refractivity contribution in [2.24, 2.45) is 13.0 Å². The van der Waals surface area contributed by atoms with Gasteiger partial charge in [-0.05, 0) is 17.7 Å². The molecule has 1 aliphatic rings. The van der Waals surface area contributed by atoms with Gasteiger partial charge in [-0.25, -0.2) is 0 Å². The van der Waals surface area contributed by atoms with E-state index in [0.29, 0.717) is 16.7 Å². The molecule has 2 N–H and O–H groups in total. The van der Waals surface area contributed by atoms with E-state index in [4.69, 9.17) is 0 Å². The average Bonchev–Trinajstić information content (AvgIpc) is 3.35. The molecular weight excluding hydrogens is 338 g/mol. The van der Waals surface area contributed by atoms with Crippen LogP contribution in [0.1, 0.15) is 11.5 Å². The molecule has 128 valence electrons. The molecule has 3 aromatic rings. The molecule has 1 amide bonds. The quantitative estimate of drug-likeness (QED) is 0.732. The van der Waals surface area contributed by atoms with Gasteiger partial charge in [-0.3, -0.25) is 14.5 Å². The van der Waals surface area contributed by atoms with Crippen LogP contribution in [0.15, 0.2) is 36.8 Å². The molecule has 2 atom stereocenters. The van der Waals surface area contributed by atoms with Crippen LogP contribution in [0.25, 0.3) is 10.7 Å². The van der Waals surface area contributed by atoms with E-state index in [1.54, 1.807) is 10.9 Å². The fourth-order valence-electron chi connectivity index (χ4n) is 3.00. The van der Waals surface area contributed by atoms with E-state index in [2.05, 4.69) is 30.9 Å². The van der Waals surface area contributed by atoms with Gasteiger partial charge in [0.2, 0.25) is 11.0 Å². The highest BCUT2D eigenvalue weighted by Crippen LogP contribution is 2.30. The van der Waals surface area contributed by atoms with Gasteiger partial charge in [0.25, 0.3) is 0 Å². The molecule has 4 heterocycles. The smallest absolute Gasteiger partial charge is 0.231 e. The van der Waals surface area contributed by atoms with Crippen LogP contribution in [0.5, 0.6) is 0 Å². The predicted molar refractivity (Wildman–Crippen MR) is 94.1 cm³/mol. The SMILES string of the molecule is Cn1cc([C@H]2CNC[C@@H]2C(=O)Nc2nnc(-c3ccccn3)s2)cn1. The van der Waals surface area contributed by atoms with Crippen LogP contribution in [-0.2, 0) is 11.8 Å². The van der Waals surface area contributed by atoms with Crippen LogP contribution in [0, 0.1) is 5.92 Å². The molecule has 0 spiro atoms. The third kappa shape index (κ3) is 3.28. The first kappa shape index (κ1) is 15.9. The fraction of sp³-hybridized carbons (Fsp3) is 0.312. The summed E-state index contributed by atoms with van der Waals surface area (Å²) < 4.78 is 1.76. The summed E-state index contributed by atoms with van der Waals surface area (Å²) in [6.45, 7) is 1.40. The lowest BCUT2D eigenvalue weighted by molar-refractivity contribution is -0.119. The minimum atomic E-state index is -0.161. The Morgan fingerprint density at radius 2 is 2.28 bits per heavy atom. The molecule has 4 rings (SSSR count). The zero-order chi connectivity index (χ0) is 17.2. The number of nitrogens with one attached hydrogen (secondary N) is 2. The number of aromatic nitrogens is 5. The molecule has 0 aromatic carbocycles. The van der Waals surface area contributed by atoms with Gasteiger partial charge in [0.15, 0.2) is 5.01 Å². The van der Waals surface area contributed by atoms with Gasteiger partial charge in [0, 0.05) is 38.4 Å². The predicted octanol–water partition coefficient (Wildman–Crippen LogP) is 1.28. The summed E-state index contributed by atoms with van der Waals surface area (Å²) >= 11 is 1.32. The second-order valence-corrected chi connectivity index (χ2v) is 6.91. The number of amides is 1. The normalized spacial score (nSPS) is 19.9. The number of pyridine rings is 1. The Morgan fingerprint density at radius 1 is 1.36 bits per heavy atom. The number of rotatable bonds is 4. The molecule has 0 saturated carbocycles. The minimum absolute atomic E-state index is 0.0532. The molecule has 25 heavy (non-hydrogen) atoms. The Kier molecular flexibility index (Phi) is 4.24. The number of aryl methyl sites for hydroxylation is 1. The van der Waals surface area contributed by atoms with Crippen molar-refractivity contribution in [1.29, 1.82) is 0 Å². The van der Waals surface area contributed by atoms with Crippen molar-refractivity contribution in [3.05, 3.63) is 42.4 Å². The van der Waals surface area contributed by atoms with Gasteiger partial charge in [-0.15, -0.1) is 10.2 Å². The zero-order valence-corrected chi connectivity index (χ0v) is 14.4. The number of nitrogens with zero attached hydrogens (tertiary/aromatic N) is 5. The van der Waals surface area contributed by atoms with Crippen LogP contribution >= 0.6 is 11.3 Å². The summed E-state index contributed by atoms with van der Waals surface area (Å²) in [6.07, 6.45) is 5.49. The van der Waals surface area contributed by atoms with Crippen molar-refractivity contribution >= 4 is 22.4 Å². The van der Waals surface area contributed by atoms with Gasteiger partial charge >= 0.3 is 0 Å². The first-order valence-corrected chi connectivity index (χ1v) is 8.77. The van der Waals surface area contributed by atoms with Crippen molar-refractivity contribution in [1.82, 2.24) is 30.3 Å². The van der Waals surface area contributed by atoms with Crippen molar-refractivity contribution in [3.8, 4) is 10.7 Å². The van der Waals surface area contributed by atoms with Gasteiger partial charge in [-0.2, -0.15) is 5.10 Å². The van der Waals surface area contributed by atoms with Crippen LogP contribution < -0.4 is 10.6 Å². The summed E-state index contributed by atoms with van der Waals surface area (Å²) in [4.78, 5) is 16.9. The third-order valence-corrected chi connectivity index (χ3v) is 5.10. The van der Waals surface area contributed by atoms with E-state index in [9.17, 15) is 4.79 Å². The highest BCUT2D eigenvalue weighted by molar-refractivity contribution is 7.18. The monoisotopic (exact) mass is 355 g/mol. The Balaban J connectivity index is 1.47. The Morgan fingerprint density at radius 3 is 3.04 bits per heavy atom. The summed E-state index contributed by atoms with van der Waals surface area (Å²) in [5, 5.41) is 19.7. The highest BCUT2D eigenvalue weighted by atomic mass is 32.1. The van der Waals surface area contributed by atoms with Gasteiger partial charge < -0.3 is 10.6 Å². The number of hydrogen-bond acceptors (Lipinski definition) is 7. The molecule has 1 aliphatic heterocycles. The highest BCUT2D eigenvalue weighted by Gasteiger charge is 2.35. The maximum atomic E-state index is 12.7. The standard InChI is InChI=1S/C16H17N7OS/c1-23-9-10(6-19-23)11-7-17-8-12(11)14(24)20-16-22-21-15(25-16)13-4-2-3-5-18-13/h2-6,9,11-12,17H,7-8H2,1H3,(H,20,22,24)/t11-,12+/m1/s1. The summed E-state index contributed by atoms with van der Waals surface area (Å²) in [7, 11) is 1.88. The van der Waals surface area contributed by atoms with E-state index < -0.39 is 0 Å².